The van der Waals surface area contributed by atoms with Crippen molar-refractivity contribution in [1.29, 1.82) is 0 Å². The summed E-state index contributed by atoms with van der Waals surface area (Å²) in [5, 5.41) is 8.67. The zero-order valence-electron chi connectivity index (χ0n) is 10.3. The third kappa shape index (κ3) is 2.57. The Morgan fingerprint density at radius 2 is 2.00 bits per heavy atom. The van der Waals surface area contributed by atoms with Crippen LogP contribution in [0.15, 0.2) is 24.3 Å². The molecule has 1 atom stereocenters. The Kier molecular flexibility index (Phi) is 3.50. The third-order valence-corrected chi connectivity index (χ3v) is 3.06. The van der Waals surface area contributed by atoms with Gasteiger partial charge in [0.2, 0.25) is 11.8 Å². The molecule has 1 aliphatic heterocycles. The number of methoxy groups -OCH3 is 1. The zero-order valence-corrected chi connectivity index (χ0v) is 10.3. The molecule has 1 aliphatic rings. The molecule has 2 rings (SSSR count). The Balaban J connectivity index is 2.19. The van der Waals surface area contributed by atoms with Crippen LogP contribution < -0.4 is 4.74 Å². The number of amides is 2. The zero-order chi connectivity index (χ0) is 14.0. The first kappa shape index (κ1) is 13.1. The van der Waals surface area contributed by atoms with Gasteiger partial charge in [-0.05, 0) is 17.7 Å². The smallest absolute Gasteiger partial charge is 0.323 e. The second kappa shape index (κ2) is 5.09. The maximum absolute atomic E-state index is 12.0. The summed E-state index contributed by atoms with van der Waals surface area (Å²) in [6.07, 6.45) is 0.0123. The van der Waals surface area contributed by atoms with Gasteiger partial charge in [-0.15, -0.1) is 0 Å². The van der Waals surface area contributed by atoms with E-state index in [1.54, 1.807) is 24.3 Å². The number of imide groups is 1. The summed E-state index contributed by atoms with van der Waals surface area (Å²) in [6, 6.07) is 6.82. The van der Waals surface area contributed by atoms with Crippen LogP contribution in [0.2, 0.25) is 0 Å². The number of carbonyl (C=O) groups is 3. The fourth-order valence-electron chi connectivity index (χ4n) is 2.08. The van der Waals surface area contributed by atoms with Gasteiger partial charge in [-0.3, -0.25) is 19.3 Å². The molecule has 1 heterocycles. The van der Waals surface area contributed by atoms with Gasteiger partial charge in [0.15, 0.2) is 0 Å². The van der Waals surface area contributed by atoms with Gasteiger partial charge in [-0.1, -0.05) is 12.1 Å². The number of carboxylic acids is 1. The molecule has 1 aromatic rings. The highest BCUT2D eigenvalue weighted by Gasteiger charge is 2.40. The molecule has 0 aromatic heterocycles. The van der Waals surface area contributed by atoms with Crippen molar-refractivity contribution in [3.8, 4) is 5.75 Å². The van der Waals surface area contributed by atoms with Crippen molar-refractivity contribution < 1.29 is 24.2 Å². The number of carbonyl (C=O) groups excluding carboxylic acids is 2. The molecule has 2 amide bonds. The molecule has 1 saturated heterocycles. The van der Waals surface area contributed by atoms with Gasteiger partial charge in [0.1, 0.15) is 12.3 Å². The minimum atomic E-state index is -1.20. The molecule has 0 radical (unpaired) electrons. The maximum atomic E-state index is 12.0. The van der Waals surface area contributed by atoms with E-state index in [0.29, 0.717) is 11.3 Å². The van der Waals surface area contributed by atoms with Crippen LogP contribution in [0.1, 0.15) is 17.9 Å². The van der Waals surface area contributed by atoms with Crippen LogP contribution >= 0.6 is 0 Å². The monoisotopic (exact) mass is 263 g/mol. The van der Waals surface area contributed by atoms with E-state index in [0.717, 1.165) is 4.90 Å². The molecule has 1 fully saturated rings. The molecule has 0 bridgehead atoms. The van der Waals surface area contributed by atoms with Gasteiger partial charge in [-0.25, -0.2) is 0 Å². The summed E-state index contributed by atoms with van der Waals surface area (Å²) in [5.41, 5.74) is 0.687. The van der Waals surface area contributed by atoms with Crippen LogP contribution in [0.25, 0.3) is 0 Å². The molecule has 6 nitrogen and oxygen atoms in total. The first-order chi connectivity index (χ1) is 9.02. The van der Waals surface area contributed by atoms with Gasteiger partial charge in [0, 0.05) is 6.42 Å². The van der Waals surface area contributed by atoms with Crippen LogP contribution in [0, 0.1) is 0 Å². The lowest BCUT2D eigenvalue weighted by molar-refractivity contribution is -0.148. The minimum absolute atomic E-state index is 0.0123. The van der Waals surface area contributed by atoms with Crippen molar-refractivity contribution in [2.24, 2.45) is 0 Å². The number of ether oxygens (including phenoxy) is 1. The second-order valence-electron chi connectivity index (χ2n) is 4.24. The number of hydrogen-bond acceptors (Lipinski definition) is 4. The standard InChI is InChI=1S/C13H13NO5/c1-19-9-4-2-8(3-5-9)10-6-11(15)14(13(10)18)7-12(16)17/h2-5,10H,6-7H2,1H3,(H,16,17). The molecular weight excluding hydrogens is 250 g/mol. The normalized spacial score (nSPS) is 18.8. The topological polar surface area (TPSA) is 83.9 Å². The molecule has 0 spiro atoms. The molecule has 0 saturated carbocycles. The molecular formula is C13H13NO5. The van der Waals surface area contributed by atoms with Crippen LogP contribution in [0.5, 0.6) is 5.75 Å². The molecule has 6 heteroatoms. The second-order valence-corrected chi connectivity index (χ2v) is 4.24. The Bertz CT molecular complexity index is 522. The van der Waals surface area contributed by atoms with Crippen molar-refractivity contribution in [3.63, 3.8) is 0 Å². The summed E-state index contributed by atoms with van der Waals surface area (Å²) in [7, 11) is 1.54. The van der Waals surface area contributed by atoms with E-state index in [9.17, 15) is 14.4 Å². The minimum Gasteiger partial charge on any atom is -0.497 e. The molecule has 100 valence electrons. The number of likely N-dealkylation sites (tertiary alicyclic amines) is 1. The van der Waals surface area contributed by atoms with Gasteiger partial charge in [0.25, 0.3) is 0 Å². The van der Waals surface area contributed by atoms with Crippen molar-refractivity contribution in [2.75, 3.05) is 13.7 Å². The van der Waals surface area contributed by atoms with Gasteiger partial charge < -0.3 is 9.84 Å². The van der Waals surface area contributed by atoms with E-state index in [2.05, 4.69) is 0 Å². The molecule has 0 aliphatic carbocycles. The number of nitrogens with zero attached hydrogens (tertiary/aromatic N) is 1. The summed E-state index contributed by atoms with van der Waals surface area (Å²) >= 11 is 0. The Labute approximate surface area is 109 Å². The van der Waals surface area contributed by atoms with Crippen LogP contribution in [0.3, 0.4) is 0 Å². The predicted octanol–water partition coefficient (Wildman–Crippen LogP) is 0.622. The number of benzene rings is 1. The van der Waals surface area contributed by atoms with E-state index < -0.39 is 30.2 Å². The highest BCUT2D eigenvalue weighted by Crippen LogP contribution is 2.30. The SMILES string of the molecule is COc1ccc(C2CC(=O)N(CC(=O)O)C2=O)cc1. The Hall–Kier alpha value is -2.37. The van der Waals surface area contributed by atoms with E-state index in [1.807, 2.05) is 0 Å². The van der Waals surface area contributed by atoms with E-state index in [1.165, 1.54) is 7.11 Å². The van der Waals surface area contributed by atoms with Crippen LogP contribution in [-0.2, 0) is 14.4 Å². The highest BCUT2D eigenvalue weighted by atomic mass is 16.5. The highest BCUT2D eigenvalue weighted by molar-refractivity contribution is 6.07. The summed E-state index contributed by atoms with van der Waals surface area (Å²) in [4.78, 5) is 35.1. The summed E-state index contributed by atoms with van der Waals surface area (Å²) in [5.74, 6) is -2.05. The van der Waals surface area contributed by atoms with Crippen molar-refractivity contribution in [1.82, 2.24) is 4.90 Å². The van der Waals surface area contributed by atoms with Gasteiger partial charge in [0.05, 0.1) is 13.0 Å². The van der Waals surface area contributed by atoms with Crippen molar-refractivity contribution in [3.05, 3.63) is 29.8 Å². The Morgan fingerprint density at radius 1 is 1.37 bits per heavy atom. The van der Waals surface area contributed by atoms with E-state index in [4.69, 9.17) is 9.84 Å². The summed E-state index contributed by atoms with van der Waals surface area (Å²) in [6.45, 7) is -0.579. The first-order valence-corrected chi connectivity index (χ1v) is 5.73. The molecule has 1 unspecified atom stereocenters. The average molecular weight is 263 g/mol. The number of hydrogen-bond donors (Lipinski definition) is 1. The Morgan fingerprint density at radius 3 is 2.53 bits per heavy atom. The fraction of sp³-hybridized carbons (Fsp3) is 0.308. The van der Waals surface area contributed by atoms with Gasteiger partial charge >= 0.3 is 5.97 Å². The van der Waals surface area contributed by atoms with Crippen LogP contribution in [0.4, 0.5) is 0 Å². The largest absolute Gasteiger partial charge is 0.497 e. The van der Waals surface area contributed by atoms with Crippen LogP contribution in [-0.4, -0.2) is 41.4 Å². The number of rotatable bonds is 4. The third-order valence-electron chi connectivity index (χ3n) is 3.06. The molecule has 19 heavy (non-hydrogen) atoms. The lowest BCUT2D eigenvalue weighted by atomic mass is 9.97. The van der Waals surface area contributed by atoms with Crippen molar-refractivity contribution in [2.45, 2.75) is 12.3 Å². The number of aliphatic carboxylic acids is 1. The average Bonchev–Trinajstić information content (AvgIpc) is 2.66. The van der Waals surface area contributed by atoms with E-state index in [-0.39, 0.29) is 6.42 Å². The fourth-order valence-corrected chi connectivity index (χ4v) is 2.08. The lowest BCUT2D eigenvalue weighted by Crippen LogP contribution is -2.35. The quantitative estimate of drug-likeness (QED) is 0.805. The maximum Gasteiger partial charge on any atom is 0.323 e. The summed E-state index contributed by atoms with van der Waals surface area (Å²) < 4.78 is 5.01. The van der Waals surface area contributed by atoms with Crippen molar-refractivity contribution >= 4 is 17.8 Å². The van der Waals surface area contributed by atoms with Gasteiger partial charge in [-0.2, -0.15) is 0 Å². The first-order valence-electron chi connectivity index (χ1n) is 5.73. The lowest BCUT2D eigenvalue weighted by Gasteiger charge is -2.12. The molecule has 1 aromatic carbocycles. The molecule has 1 N–H and O–H groups in total. The van der Waals surface area contributed by atoms with E-state index >= 15 is 0 Å². The number of carboxylic acid groups (broad SMARTS) is 1. The predicted molar refractivity (Wildman–Crippen MR) is 64.7 cm³/mol.